The number of rotatable bonds is 6. The molecule has 4 nitrogen and oxygen atoms in total. The highest BCUT2D eigenvalue weighted by Crippen LogP contribution is 2.42. The molecule has 5 aromatic rings. The third-order valence-corrected chi connectivity index (χ3v) is 10.5. The number of hydrogen-bond donors (Lipinski definition) is 0. The number of aromatic nitrogens is 1. The predicted molar refractivity (Wildman–Crippen MR) is 209 cm³/mol. The van der Waals surface area contributed by atoms with Crippen molar-refractivity contribution in [2.75, 3.05) is 0 Å². The van der Waals surface area contributed by atoms with Crippen LogP contribution in [0.4, 0.5) is 0 Å². The van der Waals surface area contributed by atoms with Gasteiger partial charge in [-0.25, -0.2) is 9.98 Å². The number of furan rings is 1. The molecular weight excluding hydrogens is 611 g/mol. The lowest BCUT2D eigenvalue weighted by molar-refractivity contribution is 0.545. The minimum absolute atomic E-state index is 0.0637. The molecule has 9 rings (SSSR count). The van der Waals surface area contributed by atoms with E-state index in [1.54, 1.807) is 0 Å². The van der Waals surface area contributed by atoms with Crippen LogP contribution in [0.2, 0.25) is 0 Å². The Hall–Kier alpha value is -5.74. The van der Waals surface area contributed by atoms with Crippen LogP contribution in [0.1, 0.15) is 54.3 Å². The molecule has 4 aliphatic rings. The Morgan fingerprint density at radius 1 is 0.840 bits per heavy atom. The number of para-hydroxylation sites is 1. The second kappa shape index (κ2) is 12.6. The number of amidine groups is 1. The van der Waals surface area contributed by atoms with Crippen LogP contribution in [0.5, 0.6) is 0 Å². The van der Waals surface area contributed by atoms with Crippen LogP contribution in [0, 0.1) is 11.8 Å². The van der Waals surface area contributed by atoms with Gasteiger partial charge in [0.25, 0.3) is 0 Å². The highest BCUT2D eigenvalue weighted by Gasteiger charge is 2.27. The van der Waals surface area contributed by atoms with Gasteiger partial charge < -0.3 is 8.98 Å². The lowest BCUT2D eigenvalue weighted by atomic mass is 9.84. The van der Waals surface area contributed by atoms with E-state index >= 15 is 0 Å². The summed E-state index contributed by atoms with van der Waals surface area (Å²) in [5.74, 6) is 2.21. The first-order chi connectivity index (χ1) is 24.6. The fraction of sp³-hybridized carbons (Fsp3) is 0.174. The largest absolute Gasteiger partial charge is 0.460 e. The maximum absolute atomic E-state index is 6.73. The molecule has 4 aliphatic carbocycles. The fourth-order valence-electron chi connectivity index (χ4n) is 8.00. The van der Waals surface area contributed by atoms with Gasteiger partial charge in [-0.15, -0.1) is 0 Å². The minimum Gasteiger partial charge on any atom is -0.460 e. The number of aliphatic imine (C=N–C) groups is 2. The summed E-state index contributed by atoms with van der Waals surface area (Å²) in [5, 5.41) is 2.39. The average Bonchev–Trinajstić information content (AvgIpc) is 3.91. The lowest BCUT2D eigenvalue weighted by Gasteiger charge is -2.22. The Morgan fingerprint density at radius 2 is 1.66 bits per heavy atom. The molecule has 0 saturated heterocycles. The number of hydrogen-bond acceptors (Lipinski definition) is 2. The molecule has 3 aromatic carbocycles. The van der Waals surface area contributed by atoms with Crippen LogP contribution in [-0.4, -0.2) is 16.1 Å². The summed E-state index contributed by atoms with van der Waals surface area (Å²) in [6.07, 6.45) is 26.9. The van der Waals surface area contributed by atoms with Crippen molar-refractivity contribution in [3.05, 3.63) is 173 Å². The maximum atomic E-state index is 6.73. The van der Waals surface area contributed by atoms with Crippen molar-refractivity contribution in [3.63, 3.8) is 0 Å². The van der Waals surface area contributed by atoms with E-state index in [1.807, 2.05) is 18.2 Å². The normalized spacial score (nSPS) is 18.9. The van der Waals surface area contributed by atoms with Gasteiger partial charge in [0.05, 0.1) is 5.52 Å². The minimum atomic E-state index is 0.0637. The Morgan fingerprint density at radius 3 is 2.50 bits per heavy atom. The van der Waals surface area contributed by atoms with Crippen molar-refractivity contribution >= 4 is 45.1 Å². The molecule has 2 aromatic heterocycles. The number of benzene rings is 3. The topological polar surface area (TPSA) is 42.8 Å². The standard InChI is InChI=1S/C46H39N3O/c1-30(32-14-5-3-6-15-32)47-46(48-31(2)33-16-9-10-17-33)39-21-13-23-43-45(39)38-26-25-36(29-44(38)50-43)49-41-22-12-11-20-37(41)40-28-35(24-27-42(40)49)34-18-7-4-8-19-34/h3-12,14-18,20-22,25-26,28-29,33-34H,2,13,19,23-24,27H2,1H3/b47-30+,48-46-. The van der Waals surface area contributed by atoms with Crippen molar-refractivity contribution in [2.45, 2.75) is 39.0 Å². The van der Waals surface area contributed by atoms with Crippen LogP contribution in [-0.2, 0) is 12.8 Å². The molecule has 0 bridgehead atoms. The van der Waals surface area contributed by atoms with Crippen LogP contribution in [0.25, 0.3) is 39.2 Å². The van der Waals surface area contributed by atoms with Gasteiger partial charge in [0.1, 0.15) is 11.3 Å². The molecule has 0 radical (unpaired) electrons. The zero-order valence-corrected chi connectivity index (χ0v) is 28.3. The van der Waals surface area contributed by atoms with E-state index in [0.29, 0.717) is 11.8 Å². The highest BCUT2D eigenvalue weighted by molar-refractivity contribution is 6.29. The first-order valence-corrected chi connectivity index (χ1v) is 17.8. The van der Waals surface area contributed by atoms with E-state index < -0.39 is 0 Å². The fourth-order valence-corrected chi connectivity index (χ4v) is 8.00. The molecule has 50 heavy (non-hydrogen) atoms. The van der Waals surface area contributed by atoms with E-state index in [-0.39, 0.29) is 5.92 Å². The summed E-state index contributed by atoms with van der Waals surface area (Å²) >= 11 is 0. The lowest BCUT2D eigenvalue weighted by Crippen LogP contribution is -2.10. The number of fused-ring (bicyclic) bond motifs is 6. The van der Waals surface area contributed by atoms with Crippen LogP contribution in [0.15, 0.2) is 160 Å². The smallest absolute Gasteiger partial charge is 0.160 e. The van der Waals surface area contributed by atoms with E-state index in [0.717, 1.165) is 82.6 Å². The molecule has 0 aliphatic heterocycles. The van der Waals surface area contributed by atoms with Gasteiger partial charge in [0.15, 0.2) is 5.84 Å². The monoisotopic (exact) mass is 649 g/mol. The quantitative estimate of drug-likeness (QED) is 0.133. The second-order valence-electron chi connectivity index (χ2n) is 13.6. The first-order valence-electron chi connectivity index (χ1n) is 17.8. The zero-order chi connectivity index (χ0) is 33.6. The molecule has 0 N–H and O–H groups in total. The molecule has 1 unspecified atom stereocenters. The first kappa shape index (κ1) is 30.3. The van der Waals surface area contributed by atoms with E-state index in [4.69, 9.17) is 14.4 Å². The average molecular weight is 650 g/mol. The summed E-state index contributed by atoms with van der Waals surface area (Å²) in [7, 11) is 0. The van der Waals surface area contributed by atoms with Crippen molar-refractivity contribution in [2.24, 2.45) is 21.8 Å². The third-order valence-electron chi connectivity index (χ3n) is 10.5. The number of allylic oxidation sites excluding steroid dienone is 9. The van der Waals surface area contributed by atoms with Crippen LogP contribution >= 0.6 is 0 Å². The molecule has 4 heteroatoms. The SMILES string of the molecule is C=C(/N=C(\N=C(/C)c1ccccc1)C1=CCCc2oc3cc(-n4c5c(c6ccccc64)C=C(C4C=CC=CC4)CC5)ccc3c21)C1C=CC=C1. The summed E-state index contributed by atoms with van der Waals surface area (Å²) in [5.41, 5.74) is 12.4. The summed E-state index contributed by atoms with van der Waals surface area (Å²) in [6.45, 7) is 6.42. The Bertz CT molecular complexity index is 2420. The van der Waals surface area contributed by atoms with Gasteiger partial charge in [-0.1, -0.05) is 121 Å². The maximum Gasteiger partial charge on any atom is 0.160 e. The zero-order valence-electron chi connectivity index (χ0n) is 28.3. The van der Waals surface area contributed by atoms with Crippen LogP contribution in [0.3, 0.4) is 0 Å². The van der Waals surface area contributed by atoms with Crippen molar-refractivity contribution < 1.29 is 4.42 Å². The predicted octanol–water partition coefficient (Wildman–Crippen LogP) is 11.3. The van der Waals surface area contributed by atoms with Gasteiger partial charge in [-0.05, 0) is 56.4 Å². The Balaban J connectivity index is 1.14. The van der Waals surface area contributed by atoms with Gasteiger partial charge in [-0.3, -0.25) is 0 Å². The van der Waals surface area contributed by atoms with Crippen molar-refractivity contribution in [1.29, 1.82) is 0 Å². The molecule has 0 saturated carbocycles. The van der Waals surface area contributed by atoms with E-state index in [9.17, 15) is 0 Å². The Kier molecular flexibility index (Phi) is 7.65. The number of aryl methyl sites for hydroxylation is 1. The van der Waals surface area contributed by atoms with Crippen LogP contribution < -0.4 is 0 Å². The molecule has 0 amide bonds. The van der Waals surface area contributed by atoms with E-state index in [2.05, 4.69) is 133 Å². The van der Waals surface area contributed by atoms with Gasteiger partial charge in [-0.2, -0.15) is 0 Å². The summed E-state index contributed by atoms with van der Waals surface area (Å²) in [4.78, 5) is 10.3. The van der Waals surface area contributed by atoms with Gasteiger partial charge >= 0.3 is 0 Å². The van der Waals surface area contributed by atoms with Crippen molar-refractivity contribution in [3.8, 4) is 5.69 Å². The summed E-state index contributed by atoms with van der Waals surface area (Å²) < 4.78 is 9.19. The van der Waals surface area contributed by atoms with E-state index in [1.165, 1.54) is 27.7 Å². The molecule has 0 spiro atoms. The molecular formula is C46H39N3O. The van der Waals surface area contributed by atoms with Gasteiger partial charge in [0, 0.05) is 74.6 Å². The third kappa shape index (κ3) is 5.32. The summed E-state index contributed by atoms with van der Waals surface area (Å²) in [6, 6.07) is 25.8. The number of nitrogens with zero attached hydrogens (tertiary/aromatic N) is 3. The molecule has 2 heterocycles. The molecule has 0 fully saturated rings. The van der Waals surface area contributed by atoms with Crippen molar-refractivity contribution in [1.82, 2.24) is 4.57 Å². The molecule has 244 valence electrons. The highest BCUT2D eigenvalue weighted by atomic mass is 16.3. The second-order valence-corrected chi connectivity index (χ2v) is 13.6. The van der Waals surface area contributed by atoms with Gasteiger partial charge in [0.2, 0.25) is 0 Å². The molecule has 1 atom stereocenters. The Labute approximate surface area is 293 Å².